The number of aromatic nitrogens is 1. The zero-order valence-corrected chi connectivity index (χ0v) is 11.8. The van der Waals surface area contributed by atoms with Crippen molar-refractivity contribution in [1.29, 1.82) is 0 Å². The molecule has 1 heterocycles. The molecule has 0 unspecified atom stereocenters. The number of nitrogens with two attached hydrogens (primary N) is 1. The van der Waals surface area contributed by atoms with Crippen LogP contribution in [0.5, 0.6) is 0 Å². The number of benzene rings is 1. The fourth-order valence-electron chi connectivity index (χ4n) is 2.19. The average molecular weight is 279 g/mol. The molecule has 1 aliphatic carbocycles. The van der Waals surface area contributed by atoms with E-state index in [-0.39, 0.29) is 0 Å². The molecule has 0 radical (unpaired) electrons. The maximum Gasteiger partial charge on any atom is 0.180 e. The van der Waals surface area contributed by atoms with Crippen LogP contribution in [-0.4, -0.2) is 4.98 Å². The van der Waals surface area contributed by atoms with Crippen LogP contribution in [0, 0.1) is 6.92 Å². The molecular formula is C14H15ClN2S. The lowest BCUT2D eigenvalue weighted by Gasteiger charge is -2.06. The third-order valence-corrected chi connectivity index (χ3v) is 4.51. The summed E-state index contributed by atoms with van der Waals surface area (Å²) in [6.07, 6.45) is 3.41. The van der Waals surface area contributed by atoms with Crippen molar-refractivity contribution in [3.63, 3.8) is 0 Å². The number of anilines is 1. The van der Waals surface area contributed by atoms with Crippen molar-refractivity contribution >= 4 is 28.1 Å². The summed E-state index contributed by atoms with van der Waals surface area (Å²) in [7, 11) is 0. The maximum absolute atomic E-state index is 6.07. The van der Waals surface area contributed by atoms with E-state index in [0.717, 1.165) is 11.4 Å². The number of nitrogen functional groups attached to an aromatic ring is 1. The number of halogens is 1. The lowest BCUT2D eigenvalue weighted by Crippen LogP contribution is -1.93. The minimum absolute atomic E-state index is 0.646. The highest BCUT2D eigenvalue weighted by Crippen LogP contribution is 2.43. The number of thiazole rings is 1. The van der Waals surface area contributed by atoms with Crippen LogP contribution >= 0.6 is 22.9 Å². The highest BCUT2D eigenvalue weighted by molar-refractivity contribution is 7.15. The Morgan fingerprint density at radius 2 is 2.22 bits per heavy atom. The summed E-state index contributed by atoms with van der Waals surface area (Å²) in [5, 5.41) is 1.48. The molecule has 2 N–H and O–H groups in total. The maximum atomic E-state index is 6.07. The van der Waals surface area contributed by atoms with E-state index < -0.39 is 0 Å². The zero-order chi connectivity index (χ0) is 12.7. The van der Waals surface area contributed by atoms with Crippen molar-refractivity contribution in [3.8, 4) is 0 Å². The molecule has 0 bridgehead atoms. The first-order valence-electron chi connectivity index (χ1n) is 6.13. The van der Waals surface area contributed by atoms with Crippen LogP contribution in [0.2, 0.25) is 5.02 Å². The Kier molecular flexibility index (Phi) is 3.04. The molecule has 0 amide bonds. The van der Waals surface area contributed by atoms with Crippen molar-refractivity contribution < 1.29 is 0 Å². The monoisotopic (exact) mass is 278 g/mol. The van der Waals surface area contributed by atoms with E-state index in [2.05, 4.69) is 18.0 Å². The number of hydrogen-bond acceptors (Lipinski definition) is 3. The summed E-state index contributed by atoms with van der Waals surface area (Å²) in [5.41, 5.74) is 9.61. The van der Waals surface area contributed by atoms with E-state index in [4.69, 9.17) is 17.3 Å². The van der Waals surface area contributed by atoms with Crippen LogP contribution in [0.4, 0.5) is 5.13 Å². The Labute approximate surface area is 116 Å². The van der Waals surface area contributed by atoms with Gasteiger partial charge >= 0.3 is 0 Å². The summed E-state index contributed by atoms with van der Waals surface area (Å²) < 4.78 is 0. The molecule has 0 aliphatic heterocycles. The highest BCUT2D eigenvalue weighted by Gasteiger charge is 2.29. The van der Waals surface area contributed by atoms with Crippen molar-refractivity contribution in [2.75, 3.05) is 5.73 Å². The third kappa shape index (κ3) is 2.38. The van der Waals surface area contributed by atoms with Gasteiger partial charge < -0.3 is 5.73 Å². The van der Waals surface area contributed by atoms with Crippen molar-refractivity contribution in [3.05, 3.63) is 44.9 Å². The van der Waals surface area contributed by atoms with Gasteiger partial charge in [-0.05, 0) is 43.0 Å². The van der Waals surface area contributed by atoms with Gasteiger partial charge in [-0.1, -0.05) is 17.7 Å². The first-order chi connectivity index (χ1) is 8.63. The van der Waals surface area contributed by atoms with E-state index in [9.17, 15) is 0 Å². The zero-order valence-electron chi connectivity index (χ0n) is 10.2. The van der Waals surface area contributed by atoms with Crippen LogP contribution in [0.3, 0.4) is 0 Å². The van der Waals surface area contributed by atoms with Gasteiger partial charge in [0.25, 0.3) is 0 Å². The molecule has 0 saturated heterocycles. The summed E-state index contributed by atoms with van der Waals surface area (Å²) in [6, 6.07) is 6.05. The normalized spacial score (nSPS) is 15.0. The number of nitrogens with zero attached hydrogens (tertiary/aromatic N) is 1. The van der Waals surface area contributed by atoms with Crippen LogP contribution in [-0.2, 0) is 6.42 Å². The van der Waals surface area contributed by atoms with Gasteiger partial charge in [0, 0.05) is 22.2 Å². The van der Waals surface area contributed by atoms with Gasteiger partial charge in [0.1, 0.15) is 0 Å². The summed E-state index contributed by atoms with van der Waals surface area (Å²) >= 11 is 7.68. The quantitative estimate of drug-likeness (QED) is 0.916. The van der Waals surface area contributed by atoms with E-state index in [1.807, 2.05) is 12.1 Å². The molecule has 1 aromatic heterocycles. The molecule has 94 valence electrons. The molecule has 1 aromatic carbocycles. The molecule has 1 fully saturated rings. The fraction of sp³-hybridized carbons (Fsp3) is 0.357. The molecule has 18 heavy (non-hydrogen) atoms. The summed E-state index contributed by atoms with van der Waals surface area (Å²) in [5.74, 6) is 0.646. The van der Waals surface area contributed by atoms with Gasteiger partial charge in [0.15, 0.2) is 5.13 Å². The second-order valence-corrected chi connectivity index (χ2v) is 6.43. The molecular weight excluding hydrogens is 264 g/mol. The largest absolute Gasteiger partial charge is 0.375 e. The molecule has 0 spiro atoms. The Morgan fingerprint density at radius 3 is 2.94 bits per heavy atom. The van der Waals surface area contributed by atoms with Crippen molar-refractivity contribution in [2.45, 2.75) is 32.1 Å². The van der Waals surface area contributed by atoms with Crippen LogP contribution in [0.25, 0.3) is 0 Å². The lowest BCUT2D eigenvalue weighted by molar-refractivity contribution is 1.01. The second kappa shape index (κ2) is 4.56. The minimum Gasteiger partial charge on any atom is -0.375 e. The van der Waals surface area contributed by atoms with E-state index in [1.54, 1.807) is 11.3 Å². The molecule has 4 heteroatoms. The fourth-order valence-corrected chi connectivity index (χ4v) is 3.32. The summed E-state index contributed by atoms with van der Waals surface area (Å²) in [4.78, 5) is 5.79. The van der Waals surface area contributed by atoms with Crippen LogP contribution in [0.1, 0.15) is 40.5 Å². The van der Waals surface area contributed by atoms with Crippen LogP contribution < -0.4 is 5.73 Å². The molecule has 2 nitrogen and oxygen atoms in total. The number of rotatable bonds is 3. The third-order valence-electron chi connectivity index (χ3n) is 3.37. The van der Waals surface area contributed by atoms with E-state index >= 15 is 0 Å². The Hall–Kier alpha value is -1.06. The van der Waals surface area contributed by atoms with Crippen molar-refractivity contribution in [1.82, 2.24) is 4.98 Å². The van der Waals surface area contributed by atoms with E-state index in [1.165, 1.54) is 34.5 Å². The van der Waals surface area contributed by atoms with Gasteiger partial charge in [-0.3, -0.25) is 0 Å². The Bertz CT molecular complexity index is 587. The Balaban J connectivity index is 1.94. The second-order valence-electron chi connectivity index (χ2n) is 4.88. The SMILES string of the molecule is Cc1ccc(Cl)cc1Cc1sc(N)nc1C1CC1. The molecule has 1 saturated carbocycles. The van der Waals surface area contributed by atoms with Gasteiger partial charge in [0.2, 0.25) is 0 Å². The molecule has 1 aliphatic rings. The van der Waals surface area contributed by atoms with Crippen LogP contribution in [0.15, 0.2) is 18.2 Å². The first-order valence-corrected chi connectivity index (χ1v) is 7.33. The van der Waals surface area contributed by atoms with Gasteiger partial charge in [-0.15, -0.1) is 11.3 Å². The summed E-state index contributed by atoms with van der Waals surface area (Å²) in [6.45, 7) is 2.12. The molecule has 3 rings (SSSR count). The van der Waals surface area contributed by atoms with Crippen molar-refractivity contribution in [2.24, 2.45) is 0 Å². The predicted molar refractivity (Wildman–Crippen MR) is 77.5 cm³/mol. The number of aryl methyl sites for hydroxylation is 1. The standard InChI is InChI=1S/C14H15ClN2S/c1-8-2-5-11(15)6-10(8)7-12-13(9-3-4-9)17-14(16)18-12/h2,5-6,9H,3-4,7H2,1H3,(H2,16,17). The van der Waals surface area contributed by atoms with Gasteiger partial charge in [-0.2, -0.15) is 0 Å². The lowest BCUT2D eigenvalue weighted by atomic mass is 10.0. The van der Waals surface area contributed by atoms with Gasteiger partial charge in [0.05, 0.1) is 5.69 Å². The van der Waals surface area contributed by atoms with E-state index in [0.29, 0.717) is 11.0 Å². The predicted octanol–water partition coefficient (Wildman–Crippen LogP) is 4.16. The minimum atomic E-state index is 0.646. The Morgan fingerprint density at radius 1 is 1.44 bits per heavy atom. The first kappa shape index (κ1) is 12.0. The molecule has 0 atom stereocenters. The highest BCUT2D eigenvalue weighted by atomic mass is 35.5. The average Bonchev–Trinajstić information content (AvgIpc) is 3.09. The molecule has 2 aromatic rings. The van der Waals surface area contributed by atoms with Gasteiger partial charge in [-0.25, -0.2) is 4.98 Å². The number of hydrogen-bond donors (Lipinski definition) is 1. The topological polar surface area (TPSA) is 38.9 Å². The smallest absolute Gasteiger partial charge is 0.180 e.